The molecule has 0 amide bonds. The van der Waals surface area contributed by atoms with Crippen LogP contribution in [0.25, 0.3) is 0 Å². The van der Waals surface area contributed by atoms with Crippen molar-refractivity contribution in [2.45, 2.75) is 12.5 Å². The van der Waals surface area contributed by atoms with Crippen molar-refractivity contribution in [3.63, 3.8) is 0 Å². The molecule has 0 heterocycles. The molecule has 0 bridgehead atoms. The summed E-state index contributed by atoms with van der Waals surface area (Å²) in [5, 5.41) is 8.26. The minimum absolute atomic E-state index is 0.0336. The standard InChI is InChI=1S/C5H11NO4S/c1-11(9,10)3-2-4(6)5(7)8/h4H,2-3,6H2,1H3,(H,7,8). The Labute approximate surface area is 65.1 Å². The second-order valence-corrected chi connectivity index (χ2v) is 4.62. The normalized spacial score (nSPS) is 14.4. The molecule has 0 aliphatic heterocycles. The molecule has 0 aliphatic carbocycles. The molecule has 0 aromatic rings. The maximum Gasteiger partial charge on any atom is 0.320 e. The van der Waals surface area contributed by atoms with Crippen molar-refractivity contribution >= 4 is 15.8 Å². The van der Waals surface area contributed by atoms with Crippen molar-refractivity contribution in [2.75, 3.05) is 12.0 Å². The lowest BCUT2D eigenvalue weighted by Crippen LogP contribution is -2.32. The van der Waals surface area contributed by atoms with Crippen LogP contribution in [0.1, 0.15) is 6.42 Å². The van der Waals surface area contributed by atoms with E-state index in [4.69, 9.17) is 10.8 Å². The smallest absolute Gasteiger partial charge is 0.320 e. The fourth-order valence-electron chi connectivity index (χ4n) is 0.465. The van der Waals surface area contributed by atoms with Crippen molar-refractivity contribution in [3.05, 3.63) is 0 Å². The van der Waals surface area contributed by atoms with E-state index in [9.17, 15) is 13.2 Å². The van der Waals surface area contributed by atoms with E-state index in [1.54, 1.807) is 0 Å². The second-order valence-electron chi connectivity index (χ2n) is 2.36. The lowest BCUT2D eigenvalue weighted by Gasteiger charge is -2.03. The van der Waals surface area contributed by atoms with Gasteiger partial charge in [-0.05, 0) is 6.42 Å². The van der Waals surface area contributed by atoms with Crippen molar-refractivity contribution in [2.24, 2.45) is 5.73 Å². The summed E-state index contributed by atoms with van der Waals surface area (Å²) in [4.78, 5) is 10.1. The maximum atomic E-state index is 10.5. The molecule has 0 rings (SSSR count). The third kappa shape index (κ3) is 5.81. The fourth-order valence-corrected chi connectivity index (χ4v) is 1.15. The highest BCUT2D eigenvalue weighted by molar-refractivity contribution is 7.90. The maximum absolute atomic E-state index is 10.5. The Hall–Kier alpha value is -0.620. The predicted octanol–water partition coefficient (Wildman–Crippen LogP) is -1.17. The number of carbonyl (C=O) groups is 1. The van der Waals surface area contributed by atoms with Crippen molar-refractivity contribution < 1.29 is 18.3 Å². The third-order valence-corrected chi connectivity index (χ3v) is 2.09. The highest BCUT2D eigenvalue weighted by Crippen LogP contribution is 1.93. The molecule has 5 nitrogen and oxygen atoms in total. The summed E-state index contributed by atoms with van der Waals surface area (Å²) in [7, 11) is -3.10. The Morgan fingerprint density at radius 1 is 1.64 bits per heavy atom. The van der Waals surface area contributed by atoms with Crippen LogP contribution in [0.15, 0.2) is 0 Å². The van der Waals surface area contributed by atoms with Gasteiger partial charge in [0.2, 0.25) is 0 Å². The zero-order chi connectivity index (χ0) is 9.07. The van der Waals surface area contributed by atoms with E-state index in [1.807, 2.05) is 0 Å². The highest BCUT2D eigenvalue weighted by atomic mass is 32.2. The van der Waals surface area contributed by atoms with Crippen molar-refractivity contribution in [1.29, 1.82) is 0 Å². The van der Waals surface area contributed by atoms with Gasteiger partial charge in [-0.25, -0.2) is 8.42 Å². The number of hydrogen-bond acceptors (Lipinski definition) is 4. The number of rotatable bonds is 4. The average Bonchev–Trinajstić information content (AvgIpc) is 1.80. The molecule has 11 heavy (non-hydrogen) atoms. The molecule has 0 aliphatic rings. The zero-order valence-electron chi connectivity index (χ0n) is 6.15. The molecule has 0 spiro atoms. The monoisotopic (exact) mass is 181 g/mol. The lowest BCUT2D eigenvalue weighted by atomic mass is 10.2. The van der Waals surface area contributed by atoms with Crippen LogP contribution in [0.2, 0.25) is 0 Å². The van der Waals surface area contributed by atoms with E-state index in [1.165, 1.54) is 0 Å². The molecule has 3 N–H and O–H groups in total. The van der Waals surface area contributed by atoms with Gasteiger partial charge in [-0.1, -0.05) is 0 Å². The van der Waals surface area contributed by atoms with Crippen LogP contribution in [0.4, 0.5) is 0 Å². The molecule has 6 heteroatoms. The van der Waals surface area contributed by atoms with E-state index < -0.39 is 21.8 Å². The molecular weight excluding hydrogens is 170 g/mol. The quantitative estimate of drug-likeness (QED) is 0.569. The summed E-state index contributed by atoms with van der Waals surface area (Å²) in [6.07, 6.45) is 1.01. The van der Waals surface area contributed by atoms with Crippen LogP contribution in [0, 0.1) is 0 Å². The predicted molar refractivity (Wildman–Crippen MR) is 39.9 cm³/mol. The lowest BCUT2D eigenvalue weighted by molar-refractivity contribution is -0.138. The third-order valence-electron chi connectivity index (χ3n) is 1.12. The Morgan fingerprint density at radius 3 is 2.36 bits per heavy atom. The number of sulfone groups is 1. The molecule has 0 aromatic heterocycles. The van der Waals surface area contributed by atoms with Crippen LogP contribution in [0.3, 0.4) is 0 Å². The molecule has 0 aromatic carbocycles. The summed E-state index contributed by atoms with van der Waals surface area (Å²) in [5.74, 6) is -1.35. The minimum Gasteiger partial charge on any atom is -0.480 e. The van der Waals surface area contributed by atoms with Crippen LogP contribution in [-0.4, -0.2) is 37.5 Å². The first-order valence-electron chi connectivity index (χ1n) is 2.99. The Kier molecular flexibility index (Phi) is 3.47. The van der Waals surface area contributed by atoms with Crippen molar-refractivity contribution in [3.8, 4) is 0 Å². The summed E-state index contributed by atoms with van der Waals surface area (Å²) in [5.41, 5.74) is 5.06. The first-order valence-corrected chi connectivity index (χ1v) is 5.05. The van der Waals surface area contributed by atoms with Gasteiger partial charge in [-0.15, -0.1) is 0 Å². The zero-order valence-corrected chi connectivity index (χ0v) is 6.97. The average molecular weight is 181 g/mol. The van der Waals surface area contributed by atoms with Gasteiger partial charge in [-0.3, -0.25) is 4.79 Å². The molecule has 0 saturated carbocycles. The molecule has 0 saturated heterocycles. The van der Waals surface area contributed by atoms with Gasteiger partial charge in [0.05, 0.1) is 5.75 Å². The summed E-state index contributed by atoms with van der Waals surface area (Å²) < 4.78 is 21.0. The Balaban J connectivity index is 3.82. The van der Waals surface area contributed by atoms with Gasteiger partial charge in [0.15, 0.2) is 0 Å². The number of carboxylic acid groups (broad SMARTS) is 1. The highest BCUT2D eigenvalue weighted by Gasteiger charge is 2.13. The van der Waals surface area contributed by atoms with Gasteiger partial charge >= 0.3 is 5.97 Å². The molecule has 1 unspecified atom stereocenters. The van der Waals surface area contributed by atoms with E-state index in [-0.39, 0.29) is 12.2 Å². The largest absolute Gasteiger partial charge is 0.480 e. The van der Waals surface area contributed by atoms with Crippen LogP contribution in [-0.2, 0) is 14.6 Å². The first-order chi connectivity index (χ1) is 4.83. The Morgan fingerprint density at radius 2 is 2.09 bits per heavy atom. The molecule has 66 valence electrons. The van der Waals surface area contributed by atoms with Gasteiger partial charge < -0.3 is 10.8 Å². The number of hydrogen-bond donors (Lipinski definition) is 2. The van der Waals surface area contributed by atoms with Gasteiger partial charge in [0.1, 0.15) is 15.9 Å². The van der Waals surface area contributed by atoms with Crippen molar-refractivity contribution in [1.82, 2.24) is 0 Å². The Bertz CT molecular complexity index is 233. The molecule has 0 radical (unpaired) electrons. The number of carboxylic acids is 1. The minimum atomic E-state index is -3.10. The van der Waals surface area contributed by atoms with Gasteiger partial charge in [0.25, 0.3) is 0 Å². The summed E-state index contributed by atoms with van der Waals surface area (Å²) in [6.45, 7) is 0. The van der Waals surface area contributed by atoms with Gasteiger partial charge in [-0.2, -0.15) is 0 Å². The number of aliphatic carboxylic acids is 1. The molecule has 1 atom stereocenters. The topological polar surface area (TPSA) is 97.5 Å². The second kappa shape index (κ2) is 3.68. The SMILES string of the molecule is CS(=O)(=O)CCC(N)C(=O)O. The van der Waals surface area contributed by atoms with Gasteiger partial charge in [0, 0.05) is 6.26 Å². The van der Waals surface area contributed by atoms with Crippen LogP contribution >= 0.6 is 0 Å². The molecule has 0 fully saturated rings. The fraction of sp³-hybridized carbons (Fsp3) is 0.800. The first kappa shape index (κ1) is 10.4. The molecular formula is C5H11NO4S. The van der Waals surface area contributed by atoms with E-state index in [0.29, 0.717) is 0 Å². The van der Waals surface area contributed by atoms with E-state index in [0.717, 1.165) is 6.26 Å². The number of nitrogens with two attached hydrogens (primary N) is 1. The van der Waals surface area contributed by atoms with Crippen LogP contribution < -0.4 is 5.73 Å². The summed E-state index contributed by atoms with van der Waals surface area (Å²) in [6, 6.07) is -1.08. The summed E-state index contributed by atoms with van der Waals surface area (Å²) >= 11 is 0. The van der Waals surface area contributed by atoms with E-state index in [2.05, 4.69) is 0 Å². The van der Waals surface area contributed by atoms with E-state index >= 15 is 0 Å². The van der Waals surface area contributed by atoms with Crippen LogP contribution in [0.5, 0.6) is 0 Å².